The van der Waals surface area contributed by atoms with E-state index in [0.29, 0.717) is 34.6 Å². The second-order valence-electron chi connectivity index (χ2n) is 6.83. The van der Waals surface area contributed by atoms with E-state index in [4.69, 9.17) is 21.1 Å². The molecule has 0 aliphatic heterocycles. The van der Waals surface area contributed by atoms with Crippen molar-refractivity contribution in [2.24, 2.45) is 0 Å². The number of benzene rings is 2. The van der Waals surface area contributed by atoms with E-state index in [1.54, 1.807) is 14.2 Å². The fraction of sp³-hybridized carbons (Fsp3) is 0.318. The Balaban J connectivity index is 2.03. The summed E-state index contributed by atoms with van der Waals surface area (Å²) < 4.78 is 10.8. The molecule has 31 heavy (non-hydrogen) atoms. The minimum atomic E-state index is -0.220. The average molecular weight is 461 g/mol. The molecule has 0 atom stereocenters. The summed E-state index contributed by atoms with van der Waals surface area (Å²) in [5.74, 6) is 1.73. The molecule has 0 fully saturated rings. The summed E-state index contributed by atoms with van der Waals surface area (Å²) in [4.78, 5) is 21.0. The predicted octanol–water partition coefficient (Wildman–Crippen LogP) is 4.73. The van der Waals surface area contributed by atoms with E-state index in [2.05, 4.69) is 40.2 Å². The van der Waals surface area contributed by atoms with Gasteiger partial charge in [0, 0.05) is 17.5 Å². The smallest absolute Gasteiger partial charge is 0.234 e. The molecular formula is C22H25ClN4O3S. The van der Waals surface area contributed by atoms with Crippen LogP contribution < -0.4 is 20.1 Å². The zero-order valence-corrected chi connectivity index (χ0v) is 19.3. The number of methoxy groups -OCH3 is 2. The van der Waals surface area contributed by atoms with Crippen molar-refractivity contribution >= 4 is 52.5 Å². The lowest BCUT2D eigenvalue weighted by molar-refractivity contribution is -0.113. The average Bonchev–Trinajstić information content (AvgIpc) is 2.78. The molecule has 2 N–H and O–H groups in total. The lowest BCUT2D eigenvalue weighted by Gasteiger charge is -2.18. The molecule has 2 aromatic carbocycles. The van der Waals surface area contributed by atoms with E-state index < -0.39 is 0 Å². The molecule has 3 rings (SSSR count). The van der Waals surface area contributed by atoms with Crippen molar-refractivity contribution in [2.75, 3.05) is 30.6 Å². The minimum Gasteiger partial charge on any atom is -0.495 e. The fourth-order valence-electron chi connectivity index (χ4n) is 3.40. The van der Waals surface area contributed by atoms with E-state index in [-0.39, 0.29) is 11.7 Å². The lowest BCUT2D eigenvalue weighted by atomic mass is 10.0. The van der Waals surface area contributed by atoms with Gasteiger partial charge in [0.05, 0.1) is 36.2 Å². The fourth-order valence-corrected chi connectivity index (χ4v) is 3.76. The van der Waals surface area contributed by atoms with Crippen LogP contribution in [0.15, 0.2) is 30.6 Å². The topological polar surface area (TPSA) is 85.4 Å². The summed E-state index contributed by atoms with van der Waals surface area (Å²) in [5, 5.41) is 7.55. The number of aryl methyl sites for hydroxylation is 1. The Kier molecular flexibility index (Phi) is 7.81. The quantitative estimate of drug-likeness (QED) is 0.400. The van der Waals surface area contributed by atoms with Crippen LogP contribution in [0.5, 0.6) is 11.5 Å². The van der Waals surface area contributed by atoms with Crippen molar-refractivity contribution in [3.05, 3.63) is 46.7 Å². The van der Waals surface area contributed by atoms with Gasteiger partial charge in [-0.15, -0.1) is 0 Å². The molecular weight excluding hydrogens is 436 g/mol. The first-order valence-electron chi connectivity index (χ1n) is 9.83. The molecule has 0 unspecified atom stereocenters. The van der Waals surface area contributed by atoms with Gasteiger partial charge in [0.1, 0.15) is 23.6 Å². The molecule has 7 nitrogen and oxygen atoms in total. The number of hydrogen-bond acceptors (Lipinski definition) is 7. The molecule has 0 spiro atoms. The van der Waals surface area contributed by atoms with Crippen LogP contribution in [0.2, 0.25) is 5.02 Å². The molecule has 0 saturated heterocycles. The highest BCUT2D eigenvalue weighted by molar-refractivity contribution is 7.81. The molecule has 0 radical (unpaired) electrons. The third-order valence-electron chi connectivity index (χ3n) is 4.78. The highest BCUT2D eigenvalue weighted by Gasteiger charge is 2.18. The van der Waals surface area contributed by atoms with E-state index in [1.165, 1.54) is 6.33 Å². The Hall–Kier alpha value is -2.71. The number of hydrogen-bond donors (Lipinski definition) is 3. The number of rotatable bonds is 9. The van der Waals surface area contributed by atoms with E-state index in [1.807, 2.05) is 24.3 Å². The normalized spacial score (nSPS) is 10.7. The molecule has 9 heteroatoms. The molecule has 1 aromatic heterocycles. The molecule has 1 amide bonds. The van der Waals surface area contributed by atoms with Gasteiger partial charge in [-0.25, -0.2) is 9.97 Å². The SMILES string of the molecule is CCCc1c(OC)c(NC(=O)CS)cc2c(NCc3ccc(OC)c(Cl)c3)ncnc12. The van der Waals surface area contributed by atoms with Crippen molar-refractivity contribution < 1.29 is 14.3 Å². The molecule has 0 aliphatic carbocycles. The second-order valence-corrected chi connectivity index (χ2v) is 7.56. The number of fused-ring (bicyclic) bond motifs is 1. The highest BCUT2D eigenvalue weighted by atomic mass is 35.5. The van der Waals surface area contributed by atoms with Crippen molar-refractivity contribution in [1.29, 1.82) is 0 Å². The van der Waals surface area contributed by atoms with Crippen LogP contribution in [0, 0.1) is 0 Å². The number of thiol groups is 1. The number of carbonyl (C=O) groups excluding carboxylic acids is 1. The first-order chi connectivity index (χ1) is 15.0. The number of anilines is 2. The van der Waals surface area contributed by atoms with Crippen LogP contribution in [-0.2, 0) is 17.8 Å². The second kappa shape index (κ2) is 10.5. The van der Waals surface area contributed by atoms with Gasteiger partial charge in [-0.2, -0.15) is 12.6 Å². The Morgan fingerprint density at radius 1 is 1.19 bits per heavy atom. The summed E-state index contributed by atoms with van der Waals surface area (Å²) in [5.41, 5.74) is 3.26. The monoisotopic (exact) mass is 460 g/mol. The minimum absolute atomic E-state index is 0.0684. The van der Waals surface area contributed by atoms with Gasteiger partial charge in [0.15, 0.2) is 0 Å². The Morgan fingerprint density at radius 3 is 2.65 bits per heavy atom. The van der Waals surface area contributed by atoms with Gasteiger partial charge in [0.2, 0.25) is 5.91 Å². The summed E-state index contributed by atoms with van der Waals surface area (Å²) in [6.45, 7) is 2.58. The van der Waals surface area contributed by atoms with Crippen molar-refractivity contribution in [3.8, 4) is 11.5 Å². The van der Waals surface area contributed by atoms with Crippen LogP contribution in [0.3, 0.4) is 0 Å². The number of amides is 1. The molecule has 1 heterocycles. The summed E-state index contributed by atoms with van der Waals surface area (Å²) in [7, 11) is 3.17. The Morgan fingerprint density at radius 2 is 2.00 bits per heavy atom. The summed E-state index contributed by atoms with van der Waals surface area (Å²) >= 11 is 10.3. The van der Waals surface area contributed by atoms with Gasteiger partial charge in [-0.05, 0) is 30.2 Å². The largest absolute Gasteiger partial charge is 0.495 e. The zero-order chi connectivity index (χ0) is 22.4. The first-order valence-corrected chi connectivity index (χ1v) is 10.8. The zero-order valence-electron chi connectivity index (χ0n) is 17.7. The Bertz CT molecular complexity index is 1090. The van der Waals surface area contributed by atoms with Crippen LogP contribution in [0.1, 0.15) is 24.5 Å². The van der Waals surface area contributed by atoms with Gasteiger partial charge >= 0.3 is 0 Å². The Labute approximate surface area is 191 Å². The first kappa shape index (κ1) is 23.0. The number of halogens is 1. The predicted molar refractivity (Wildman–Crippen MR) is 128 cm³/mol. The number of carbonyl (C=O) groups is 1. The molecule has 0 aliphatic rings. The standard InChI is InChI=1S/C22H25ClN4O3S/c1-4-5-14-20-15(9-17(21(14)30-3)27-19(28)11-31)22(26-12-25-20)24-10-13-6-7-18(29-2)16(23)8-13/h6-9,12,31H,4-5,10-11H2,1-3H3,(H,27,28)(H,24,25,26). The summed E-state index contributed by atoms with van der Waals surface area (Å²) in [6, 6.07) is 7.44. The number of nitrogens with one attached hydrogen (secondary N) is 2. The maximum absolute atomic E-state index is 12.0. The molecule has 0 bridgehead atoms. The number of nitrogens with zero attached hydrogens (tertiary/aromatic N) is 2. The van der Waals surface area contributed by atoms with Crippen LogP contribution >= 0.6 is 24.2 Å². The van der Waals surface area contributed by atoms with E-state index >= 15 is 0 Å². The third kappa shape index (κ3) is 5.14. The van der Waals surface area contributed by atoms with Gasteiger partial charge in [-0.3, -0.25) is 4.79 Å². The van der Waals surface area contributed by atoms with Crippen molar-refractivity contribution in [2.45, 2.75) is 26.3 Å². The van der Waals surface area contributed by atoms with Gasteiger partial charge in [0.25, 0.3) is 0 Å². The highest BCUT2D eigenvalue weighted by Crippen LogP contribution is 2.38. The van der Waals surface area contributed by atoms with E-state index in [9.17, 15) is 4.79 Å². The number of ether oxygens (including phenoxy) is 2. The van der Waals surface area contributed by atoms with Gasteiger partial charge in [-0.1, -0.05) is 31.0 Å². The lowest BCUT2D eigenvalue weighted by Crippen LogP contribution is -2.14. The van der Waals surface area contributed by atoms with E-state index in [0.717, 1.165) is 34.9 Å². The molecule has 164 valence electrons. The molecule has 3 aromatic rings. The third-order valence-corrected chi connectivity index (χ3v) is 5.36. The van der Waals surface area contributed by atoms with Crippen LogP contribution in [-0.4, -0.2) is 35.8 Å². The number of aromatic nitrogens is 2. The van der Waals surface area contributed by atoms with Crippen LogP contribution in [0.25, 0.3) is 10.9 Å². The summed E-state index contributed by atoms with van der Waals surface area (Å²) in [6.07, 6.45) is 3.16. The van der Waals surface area contributed by atoms with Crippen LogP contribution in [0.4, 0.5) is 11.5 Å². The van der Waals surface area contributed by atoms with Crippen molar-refractivity contribution in [1.82, 2.24) is 9.97 Å². The maximum atomic E-state index is 12.0. The van der Waals surface area contributed by atoms with Gasteiger partial charge < -0.3 is 20.1 Å². The van der Waals surface area contributed by atoms with Crippen molar-refractivity contribution in [3.63, 3.8) is 0 Å². The molecule has 0 saturated carbocycles. The maximum Gasteiger partial charge on any atom is 0.234 e.